The predicted octanol–water partition coefficient (Wildman–Crippen LogP) is 3.91. The molecule has 2 aromatic rings. The standard InChI is InChI=1S/C25H31N3O2/c1-18-7-9-19(10-8-18)24(20-11-12-20)27-23(29)17-28-15-13-21(14-16-28)25(30)26-22-5-3-2-4-6-22/h2-10,20-21,24H,11-17H2,1H3,(H,26,30)(H,27,29). The third kappa shape index (κ3) is 5.48. The van der Waals surface area contributed by atoms with Crippen molar-refractivity contribution in [2.45, 2.75) is 38.6 Å². The van der Waals surface area contributed by atoms with E-state index in [-0.39, 0.29) is 23.8 Å². The lowest BCUT2D eigenvalue weighted by atomic mass is 9.95. The first kappa shape index (κ1) is 20.6. The van der Waals surface area contributed by atoms with Crippen LogP contribution in [0, 0.1) is 18.8 Å². The van der Waals surface area contributed by atoms with Crippen molar-refractivity contribution in [2.24, 2.45) is 11.8 Å². The molecule has 158 valence electrons. The van der Waals surface area contributed by atoms with Crippen LogP contribution in [0.4, 0.5) is 5.69 Å². The quantitative estimate of drug-likeness (QED) is 0.734. The van der Waals surface area contributed by atoms with Crippen molar-refractivity contribution in [3.05, 3.63) is 65.7 Å². The lowest BCUT2D eigenvalue weighted by Crippen LogP contribution is -2.44. The van der Waals surface area contributed by atoms with Crippen molar-refractivity contribution < 1.29 is 9.59 Å². The molecular formula is C25H31N3O2. The van der Waals surface area contributed by atoms with Gasteiger partial charge in [0.2, 0.25) is 11.8 Å². The normalized spacial score (nSPS) is 18.6. The van der Waals surface area contributed by atoms with Crippen LogP contribution < -0.4 is 10.6 Å². The highest BCUT2D eigenvalue weighted by molar-refractivity contribution is 5.92. The van der Waals surface area contributed by atoms with E-state index in [4.69, 9.17) is 0 Å². The molecule has 30 heavy (non-hydrogen) atoms. The van der Waals surface area contributed by atoms with Crippen LogP contribution in [-0.2, 0) is 9.59 Å². The van der Waals surface area contributed by atoms with Gasteiger partial charge in [-0.1, -0.05) is 48.0 Å². The topological polar surface area (TPSA) is 61.4 Å². The van der Waals surface area contributed by atoms with Crippen molar-refractivity contribution in [3.8, 4) is 0 Å². The van der Waals surface area contributed by atoms with Crippen molar-refractivity contribution in [1.82, 2.24) is 10.2 Å². The maximum absolute atomic E-state index is 12.7. The highest BCUT2D eigenvalue weighted by Crippen LogP contribution is 2.41. The lowest BCUT2D eigenvalue weighted by Gasteiger charge is -2.31. The molecule has 2 amide bonds. The van der Waals surface area contributed by atoms with Crippen molar-refractivity contribution >= 4 is 17.5 Å². The van der Waals surface area contributed by atoms with Gasteiger partial charge in [0.1, 0.15) is 0 Å². The molecule has 0 radical (unpaired) electrons. The van der Waals surface area contributed by atoms with Crippen LogP contribution in [0.1, 0.15) is 42.9 Å². The molecule has 1 aliphatic heterocycles. The number of likely N-dealkylation sites (tertiary alicyclic amines) is 1. The monoisotopic (exact) mass is 405 g/mol. The highest BCUT2D eigenvalue weighted by Gasteiger charge is 2.34. The first-order valence-corrected chi connectivity index (χ1v) is 11.0. The molecule has 2 aliphatic rings. The van der Waals surface area contributed by atoms with Gasteiger partial charge in [0, 0.05) is 11.6 Å². The second-order valence-corrected chi connectivity index (χ2v) is 8.70. The van der Waals surface area contributed by atoms with E-state index in [2.05, 4.69) is 46.7 Å². The van der Waals surface area contributed by atoms with Gasteiger partial charge in [-0.3, -0.25) is 14.5 Å². The minimum absolute atomic E-state index is 0.0105. The fraction of sp³-hybridized carbons (Fsp3) is 0.440. The summed E-state index contributed by atoms with van der Waals surface area (Å²) in [5, 5.41) is 6.27. The number of anilines is 1. The number of carbonyl (C=O) groups is 2. The van der Waals surface area contributed by atoms with E-state index in [1.807, 2.05) is 30.3 Å². The summed E-state index contributed by atoms with van der Waals surface area (Å²) >= 11 is 0. The van der Waals surface area contributed by atoms with Gasteiger partial charge < -0.3 is 10.6 Å². The van der Waals surface area contributed by atoms with Crippen molar-refractivity contribution in [2.75, 3.05) is 25.0 Å². The molecule has 1 heterocycles. The molecule has 0 bridgehead atoms. The average Bonchev–Trinajstić information content (AvgIpc) is 3.59. The largest absolute Gasteiger partial charge is 0.348 e. The van der Waals surface area contributed by atoms with Crippen molar-refractivity contribution in [3.63, 3.8) is 0 Å². The average molecular weight is 406 g/mol. The first-order chi connectivity index (χ1) is 14.6. The van der Waals surface area contributed by atoms with E-state index < -0.39 is 0 Å². The number of amides is 2. The number of benzene rings is 2. The van der Waals surface area contributed by atoms with E-state index in [0.29, 0.717) is 12.5 Å². The van der Waals surface area contributed by atoms with Gasteiger partial charge in [0.05, 0.1) is 12.6 Å². The van der Waals surface area contributed by atoms with E-state index in [1.54, 1.807) is 0 Å². The van der Waals surface area contributed by atoms with Gasteiger partial charge in [-0.2, -0.15) is 0 Å². The zero-order valence-electron chi connectivity index (χ0n) is 17.6. The van der Waals surface area contributed by atoms with Gasteiger partial charge in [-0.25, -0.2) is 0 Å². The maximum atomic E-state index is 12.7. The minimum atomic E-state index is 0.0105. The smallest absolute Gasteiger partial charge is 0.234 e. The molecule has 4 rings (SSSR count). The molecule has 1 saturated carbocycles. The summed E-state index contributed by atoms with van der Waals surface area (Å²) < 4.78 is 0. The SMILES string of the molecule is Cc1ccc(C(NC(=O)CN2CCC(C(=O)Nc3ccccc3)CC2)C2CC2)cc1. The molecule has 5 heteroatoms. The minimum Gasteiger partial charge on any atom is -0.348 e. The van der Waals surface area contributed by atoms with Gasteiger partial charge in [0.15, 0.2) is 0 Å². The molecule has 2 fully saturated rings. The number of rotatable bonds is 7. The zero-order valence-corrected chi connectivity index (χ0v) is 17.6. The Morgan fingerprint density at radius 2 is 1.63 bits per heavy atom. The van der Waals surface area contributed by atoms with E-state index >= 15 is 0 Å². The fourth-order valence-electron chi connectivity index (χ4n) is 4.22. The lowest BCUT2D eigenvalue weighted by molar-refractivity contribution is -0.124. The van der Waals surface area contributed by atoms with Gasteiger partial charge >= 0.3 is 0 Å². The van der Waals surface area contributed by atoms with E-state index in [0.717, 1.165) is 31.6 Å². The van der Waals surface area contributed by atoms with Crippen LogP contribution in [0.2, 0.25) is 0 Å². The van der Waals surface area contributed by atoms with Gasteiger partial charge in [-0.15, -0.1) is 0 Å². The summed E-state index contributed by atoms with van der Waals surface area (Å²) in [7, 11) is 0. The van der Waals surface area contributed by atoms with Crippen LogP contribution in [0.25, 0.3) is 0 Å². The Bertz CT molecular complexity index is 854. The van der Waals surface area contributed by atoms with Crippen LogP contribution >= 0.6 is 0 Å². The number of nitrogens with zero attached hydrogens (tertiary/aromatic N) is 1. The molecule has 1 aliphatic carbocycles. The summed E-state index contributed by atoms with van der Waals surface area (Å²) in [6.07, 6.45) is 3.94. The van der Waals surface area contributed by atoms with E-state index in [9.17, 15) is 9.59 Å². The molecule has 2 aromatic carbocycles. The van der Waals surface area contributed by atoms with Crippen LogP contribution in [-0.4, -0.2) is 36.3 Å². The Morgan fingerprint density at radius 1 is 0.967 bits per heavy atom. The second kappa shape index (κ2) is 9.43. The molecule has 1 atom stereocenters. The molecule has 0 spiro atoms. The second-order valence-electron chi connectivity index (χ2n) is 8.70. The Kier molecular flexibility index (Phi) is 6.48. The first-order valence-electron chi connectivity index (χ1n) is 11.0. The number of para-hydroxylation sites is 1. The summed E-state index contributed by atoms with van der Waals surface area (Å²) in [5.74, 6) is 0.735. The Morgan fingerprint density at radius 3 is 2.27 bits per heavy atom. The number of nitrogens with one attached hydrogen (secondary N) is 2. The number of piperidine rings is 1. The molecular weight excluding hydrogens is 374 g/mol. The third-order valence-electron chi connectivity index (χ3n) is 6.21. The predicted molar refractivity (Wildman–Crippen MR) is 119 cm³/mol. The summed E-state index contributed by atoms with van der Waals surface area (Å²) in [6.45, 7) is 4.04. The fourth-order valence-corrected chi connectivity index (χ4v) is 4.22. The molecule has 0 aromatic heterocycles. The molecule has 2 N–H and O–H groups in total. The number of carbonyl (C=O) groups excluding carboxylic acids is 2. The Balaban J connectivity index is 1.24. The molecule has 5 nitrogen and oxygen atoms in total. The summed E-state index contributed by atoms with van der Waals surface area (Å²) in [5.41, 5.74) is 3.28. The van der Waals surface area contributed by atoms with Crippen LogP contribution in [0.15, 0.2) is 54.6 Å². The number of hydrogen-bond donors (Lipinski definition) is 2. The van der Waals surface area contributed by atoms with Gasteiger partial charge in [0.25, 0.3) is 0 Å². The third-order valence-corrected chi connectivity index (χ3v) is 6.21. The number of aryl methyl sites for hydroxylation is 1. The summed E-state index contributed by atoms with van der Waals surface area (Å²) in [4.78, 5) is 27.4. The molecule has 1 unspecified atom stereocenters. The van der Waals surface area contributed by atoms with Gasteiger partial charge in [-0.05, 0) is 69.3 Å². The van der Waals surface area contributed by atoms with Crippen LogP contribution in [0.3, 0.4) is 0 Å². The van der Waals surface area contributed by atoms with E-state index in [1.165, 1.54) is 24.0 Å². The Labute approximate surface area is 178 Å². The molecule has 1 saturated heterocycles. The van der Waals surface area contributed by atoms with Crippen molar-refractivity contribution in [1.29, 1.82) is 0 Å². The zero-order chi connectivity index (χ0) is 20.9. The summed E-state index contributed by atoms with van der Waals surface area (Å²) in [6, 6.07) is 18.2. The van der Waals surface area contributed by atoms with Crippen LogP contribution in [0.5, 0.6) is 0 Å². The maximum Gasteiger partial charge on any atom is 0.234 e. The number of hydrogen-bond acceptors (Lipinski definition) is 3. The highest BCUT2D eigenvalue weighted by atomic mass is 16.2. The Hall–Kier alpha value is -2.66.